The molecule has 5 nitrogen and oxygen atoms in total. The van der Waals surface area contributed by atoms with Crippen LogP contribution in [0.4, 0.5) is 0 Å². The third-order valence-corrected chi connectivity index (χ3v) is 6.17. The number of likely N-dealkylation sites (N-methyl/N-ethyl adjacent to an activating group) is 1. The Bertz CT molecular complexity index is 909. The predicted molar refractivity (Wildman–Crippen MR) is 110 cm³/mol. The van der Waals surface area contributed by atoms with Crippen LogP contribution >= 0.6 is 23.4 Å². The third-order valence-electron chi connectivity index (χ3n) is 4.87. The summed E-state index contributed by atoms with van der Waals surface area (Å²) in [6.07, 6.45) is 0.797. The second-order valence-corrected chi connectivity index (χ2v) is 8.02. The molecule has 0 bridgehead atoms. The summed E-state index contributed by atoms with van der Waals surface area (Å²) in [6, 6.07) is 9.81. The lowest BCUT2D eigenvalue weighted by atomic mass is 9.96. The highest BCUT2D eigenvalue weighted by atomic mass is 35.5. The van der Waals surface area contributed by atoms with Gasteiger partial charge in [0.25, 0.3) is 0 Å². The van der Waals surface area contributed by atoms with Gasteiger partial charge in [-0.2, -0.15) is 5.26 Å². The molecule has 146 valence electrons. The summed E-state index contributed by atoms with van der Waals surface area (Å²) in [6.45, 7) is 6.82. The van der Waals surface area contributed by atoms with Crippen molar-refractivity contribution in [3.05, 3.63) is 57.2 Å². The van der Waals surface area contributed by atoms with Gasteiger partial charge in [0, 0.05) is 22.8 Å². The molecular formula is C21H23ClN3O2S+. The number of ether oxygens (including phenoxy) is 1. The fourth-order valence-electron chi connectivity index (χ4n) is 3.35. The van der Waals surface area contributed by atoms with Crippen molar-refractivity contribution < 1.29 is 14.4 Å². The number of rotatable bonds is 6. The van der Waals surface area contributed by atoms with E-state index in [-0.39, 0.29) is 6.61 Å². The number of carbonyl (C=O) groups is 1. The van der Waals surface area contributed by atoms with E-state index in [0.717, 1.165) is 36.3 Å². The van der Waals surface area contributed by atoms with Crippen molar-refractivity contribution in [3.63, 3.8) is 0 Å². The standard InChI is InChI=1S/C21H22ClN3O2S/c1-3-25-10-9-18-17(12-25)19(21(26)27-4-2)16(11-23)20(24-18)28-13-14-5-7-15(22)8-6-14/h5-8H,3-4,9-10,12-13H2,1-2H3/p+1. The van der Waals surface area contributed by atoms with Crippen molar-refractivity contribution in [2.45, 2.75) is 37.6 Å². The molecule has 1 aliphatic rings. The summed E-state index contributed by atoms with van der Waals surface area (Å²) in [5.74, 6) is 0.218. The summed E-state index contributed by atoms with van der Waals surface area (Å²) in [7, 11) is 0. The van der Waals surface area contributed by atoms with Gasteiger partial charge in [-0.15, -0.1) is 11.8 Å². The number of nitrogens with one attached hydrogen (secondary N) is 1. The number of thioether (sulfide) groups is 1. The van der Waals surface area contributed by atoms with E-state index in [9.17, 15) is 10.1 Å². The molecule has 2 aromatic rings. The van der Waals surface area contributed by atoms with E-state index in [1.807, 2.05) is 24.3 Å². The second kappa shape index (κ2) is 9.42. The Morgan fingerprint density at radius 3 is 2.75 bits per heavy atom. The molecule has 3 rings (SSSR count). The zero-order chi connectivity index (χ0) is 20.1. The number of nitrogens with zero attached hydrogens (tertiary/aromatic N) is 2. The molecule has 1 aliphatic heterocycles. The van der Waals surface area contributed by atoms with Crippen LogP contribution in [0.25, 0.3) is 0 Å². The number of hydrogen-bond acceptors (Lipinski definition) is 5. The normalized spacial score (nSPS) is 15.6. The molecule has 1 atom stereocenters. The average molecular weight is 417 g/mol. The maximum atomic E-state index is 12.7. The Morgan fingerprint density at radius 1 is 1.36 bits per heavy atom. The lowest BCUT2D eigenvalue weighted by Crippen LogP contribution is -3.11. The maximum absolute atomic E-state index is 12.7. The summed E-state index contributed by atoms with van der Waals surface area (Å²) in [4.78, 5) is 18.9. The Labute approximate surface area is 174 Å². The van der Waals surface area contributed by atoms with Gasteiger partial charge in [-0.1, -0.05) is 23.7 Å². The number of hydrogen-bond donors (Lipinski definition) is 1. The molecule has 1 aromatic heterocycles. The average Bonchev–Trinajstić information content (AvgIpc) is 2.71. The second-order valence-electron chi connectivity index (χ2n) is 6.62. The summed E-state index contributed by atoms with van der Waals surface area (Å²) < 4.78 is 5.29. The molecular weight excluding hydrogens is 394 g/mol. The van der Waals surface area contributed by atoms with Gasteiger partial charge in [-0.25, -0.2) is 9.78 Å². The molecule has 0 spiro atoms. The Kier molecular flexibility index (Phi) is 6.95. The quantitative estimate of drug-likeness (QED) is 0.579. The van der Waals surface area contributed by atoms with Crippen molar-refractivity contribution in [2.24, 2.45) is 0 Å². The smallest absolute Gasteiger partial charge is 0.340 e. The number of quaternary nitrogens is 1. The van der Waals surface area contributed by atoms with Crippen molar-refractivity contribution in [1.29, 1.82) is 5.26 Å². The van der Waals surface area contributed by atoms with Crippen LogP contribution in [0.5, 0.6) is 0 Å². The lowest BCUT2D eigenvalue weighted by Gasteiger charge is -2.26. The summed E-state index contributed by atoms with van der Waals surface area (Å²) >= 11 is 7.42. The highest BCUT2D eigenvalue weighted by Gasteiger charge is 2.30. The van der Waals surface area contributed by atoms with E-state index in [4.69, 9.17) is 21.3 Å². The Hall–Kier alpha value is -2.07. The molecule has 1 unspecified atom stereocenters. The number of benzene rings is 1. The van der Waals surface area contributed by atoms with E-state index in [2.05, 4.69) is 13.0 Å². The first-order valence-electron chi connectivity index (χ1n) is 9.41. The number of halogens is 1. The van der Waals surface area contributed by atoms with Gasteiger partial charge in [0.15, 0.2) is 0 Å². The van der Waals surface area contributed by atoms with Gasteiger partial charge in [-0.05, 0) is 31.5 Å². The van der Waals surface area contributed by atoms with Crippen LogP contribution in [0, 0.1) is 11.3 Å². The van der Waals surface area contributed by atoms with Crippen molar-refractivity contribution in [2.75, 3.05) is 19.7 Å². The van der Waals surface area contributed by atoms with Gasteiger partial charge < -0.3 is 9.64 Å². The van der Waals surface area contributed by atoms with Crippen molar-refractivity contribution in [1.82, 2.24) is 4.98 Å². The molecule has 0 amide bonds. The fourth-order valence-corrected chi connectivity index (χ4v) is 4.44. The molecule has 2 heterocycles. The van der Waals surface area contributed by atoms with E-state index in [1.165, 1.54) is 16.7 Å². The van der Waals surface area contributed by atoms with Crippen LogP contribution in [-0.4, -0.2) is 30.6 Å². The monoisotopic (exact) mass is 416 g/mol. The number of aromatic nitrogens is 1. The van der Waals surface area contributed by atoms with Gasteiger partial charge in [0.05, 0.1) is 36.5 Å². The SMILES string of the molecule is CCOC(=O)c1c(C#N)c(SCc2ccc(Cl)cc2)nc2c1C[NH+](CC)CC2. The Balaban J connectivity index is 2.00. The minimum Gasteiger partial charge on any atom is -0.462 e. The molecule has 28 heavy (non-hydrogen) atoms. The fraction of sp³-hybridized carbons (Fsp3) is 0.381. The van der Waals surface area contributed by atoms with Gasteiger partial charge in [0.1, 0.15) is 17.6 Å². The highest BCUT2D eigenvalue weighted by molar-refractivity contribution is 7.98. The minimum absolute atomic E-state index is 0.276. The summed E-state index contributed by atoms with van der Waals surface area (Å²) in [5, 5.41) is 11.1. The lowest BCUT2D eigenvalue weighted by molar-refractivity contribution is -0.914. The molecule has 1 aromatic carbocycles. The zero-order valence-corrected chi connectivity index (χ0v) is 17.6. The van der Waals surface area contributed by atoms with Crippen molar-refractivity contribution >= 4 is 29.3 Å². The van der Waals surface area contributed by atoms with E-state index >= 15 is 0 Å². The van der Waals surface area contributed by atoms with Crippen LogP contribution in [0.3, 0.4) is 0 Å². The number of esters is 1. The molecule has 0 saturated carbocycles. The zero-order valence-electron chi connectivity index (χ0n) is 16.0. The maximum Gasteiger partial charge on any atom is 0.340 e. The predicted octanol–water partition coefficient (Wildman–Crippen LogP) is 3.04. The largest absolute Gasteiger partial charge is 0.462 e. The number of nitriles is 1. The van der Waals surface area contributed by atoms with E-state index < -0.39 is 5.97 Å². The highest BCUT2D eigenvalue weighted by Crippen LogP contribution is 2.31. The number of pyridine rings is 1. The number of fused-ring (bicyclic) bond motifs is 1. The Morgan fingerprint density at radius 2 is 2.11 bits per heavy atom. The topological polar surface area (TPSA) is 67.4 Å². The van der Waals surface area contributed by atoms with Gasteiger partial charge in [-0.3, -0.25) is 0 Å². The first kappa shape index (κ1) is 20.7. The van der Waals surface area contributed by atoms with Crippen LogP contribution in [0.2, 0.25) is 5.02 Å². The molecule has 1 N–H and O–H groups in total. The molecule has 0 saturated heterocycles. The van der Waals surface area contributed by atoms with E-state index in [1.54, 1.807) is 6.92 Å². The molecule has 0 fully saturated rings. The minimum atomic E-state index is -0.427. The first-order valence-corrected chi connectivity index (χ1v) is 10.8. The van der Waals surface area contributed by atoms with Gasteiger partial charge >= 0.3 is 5.97 Å². The summed E-state index contributed by atoms with van der Waals surface area (Å²) in [5.41, 5.74) is 3.59. The van der Waals surface area contributed by atoms with Crippen LogP contribution in [0.1, 0.15) is 46.6 Å². The molecule has 0 radical (unpaired) electrons. The third kappa shape index (κ3) is 4.49. The van der Waals surface area contributed by atoms with Crippen LogP contribution in [0.15, 0.2) is 29.3 Å². The van der Waals surface area contributed by atoms with E-state index in [0.29, 0.717) is 33.5 Å². The van der Waals surface area contributed by atoms with Crippen LogP contribution in [-0.2, 0) is 23.5 Å². The molecule has 0 aliphatic carbocycles. The number of carbonyl (C=O) groups excluding carboxylic acids is 1. The van der Waals surface area contributed by atoms with Crippen molar-refractivity contribution in [3.8, 4) is 6.07 Å². The van der Waals surface area contributed by atoms with Gasteiger partial charge in [0.2, 0.25) is 0 Å². The first-order chi connectivity index (χ1) is 13.6. The van der Waals surface area contributed by atoms with Crippen LogP contribution < -0.4 is 4.90 Å². The molecule has 7 heteroatoms.